The fourth-order valence-electron chi connectivity index (χ4n) is 1.69. The van der Waals surface area contributed by atoms with Crippen LogP contribution in [0.15, 0.2) is 18.2 Å². The third kappa shape index (κ3) is 4.92. The van der Waals surface area contributed by atoms with Crippen LogP contribution in [0.1, 0.15) is 24.2 Å². The first-order valence-electron chi connectivity index (χ1n) is 6.38. The normalized spacial score (nSPS) is 11.7. The van der Waals surface area contributed by atoms with Gasteiger partial charge in [-0.25, -0.2) is 9.59 Å². The van der Waals surface area contributed by atoms with Gasteiger partial charge in [-0.2, -0.15) is 0 Å². The van der Waals surface area contributed by atoms with Crippen molar-refractivity contribution in [3.05, 3.63) is 38.9 Å². The van der Waals surface area contributed by atoms with Gasteiger partial charge in [0.1, 0.15) is 5.56 Å². The number of esters is 1. The van der Waals surface area contributed by atoms with Crippen molar-refractivity contribution in [1.29, 1.82) is 0 Å². The summed E-state index contributed by atoms with van der Waals surface area (Å²) in [5.41, 5.74) is 3.92. The van der Waals surface area contributed by atoms with Crippen molar-refractivity contribution in [2.75, 3.05) is 0 Å². The summed E-state index contributed by atoms with van der Waals surface area (Å²) in [6.07, 6.45) is -1.34. The number of nitro groups is 1. The maximum atomic E-state index is 12.1. The Hall–Kier alpha value is -2.68. The minimum absolute atomic E-state index is 0.0696. The Kier molecular flexibility index (Phi) is 6.02. The summed E-state index contributed by atoms with van der Waals surface area (Å²) in [6, 6.07) is 2.28. The van der Waals surface area contributed by atoms with Crippen LogP contribution in [0.25, 0.3) is 0 Å². The van der Waals surface area contributed by atoms with Gasteiger partial charge < -0.3 is 10.5 Å². The van der Waals surface area contributed by atoms with Crippen LogP contribution in [-0.2, 0) is 9.53 Å². The number of ether oxygens (including phenoxy) is 1. The van der Waals surface area contributed by atoms with Crippen molar-refractivity contribution in [2.24, 2.45) is 11.7 Å². The maximum absolute atomic E-state index is 12.1. The Bertz CT molecular complexity index is 661. The average Bonchev–Trinajstić information content (AvgIpc) is 2.42. The topological polar surface area (TPSA) is 142 Å². The Balaban J connectivity index is 3.07. The van der Waals surface area contributed by atoms with Crippen LogP contribution in [0.5, 0.6) is 0 Å². The van der Waals surface area contributed by atoms with Crippen LogP contribution in [0.3, 0.4) is 0 Å². The van der Waals surface area contributed by atoms with E-state index in [1.807, 2.05) is 0 Å². The third-order valence-electron chi connectivity index (χ3n) is 2.72. The first-order valence-corrected chi connectivity index (χ1v) is 6.76. The van der Waals surface area contributed by atoms with E-state index in [9.17, 15) is 24.5 Å². The van der Waals surface area contributed by atoms with Crippen molar-refractivity contribution in [1.82, 2.24) is 5.32 Å². The zero-order valence-corrected chi connectivity index (χ0v) is 13.0. The molecule has 10 heteroatoms. The first kappa shape index (κ1) is 18.4. The molecule has 0 saturated carbocycles. The van der Waals surface area contributed by atoms with Gasteiger partial charge in [0.2, 0.25) is 0 Å². The van der Waals surface area contributed by atoms with Gasteiger partial charge in [-0.05, 0) is 18.1 Å². The lowest BCUT2D eigenvalue weighted by molar-refractivity contribution is -0.385. The highest BCUT2D eigenvalue weighted by atomic mass is 35.5. The van der Waals surface area contributed by atoms with Gasteiger partial charge in [0, 0.05) is 11.1 Å². The molecule has 0 aliphatic heterocycles. The second-order valence-corrected chi connectivity index (χ2v) is 5.28. The molecule has 23 heavy (non-hydrogen) atoms. The van der Waals surface area contributed by atoms with Crippen LogP contribution in [0, 0.1) is 16.0 Å². The predicted molar refractivity (Wildman–Crippen MR) is 79.9 cm³/mol. The minimum Gasteiger partial charge on any atom is -0.448 e. The Labute approximate surface area is 135 Å². The molecule has 0 bridgehead atoms. The fourth-order valence-corrected chi connectivity index (χ4v) is 1.86. The number of rotatable bonds is 5. The SMILES string of the molecule is CC(C)C(OC(=O)c1ccc(Cl)cc1[N+](=O)[O-])C(=O)NC(N)=O. The van der Waals surface area contributed by atoms with Crippen molar-refractivity contribution < 1.29 is 24.0 Å². The van der Waals surface area contributed by atoms with Gasteiger partial charge in [0.15, 0.2) is 6.10 Å². The smallest absolute Gasteiger partial charge is 0.345 e. The molecular formula is C13H14ClN3O6. The average molecular weight is 344 g/mol. The number of nitro benzene ring substituents is 1. The second-order valence-electron chi connectivity index (χ2n) is 4.84. The highest BCUT2D eigenvalue weighted by Gasteiger charge is 2.30. The van der Waals surface area contributed by atoms with Crippen molar-refractivity contribution in [3.63, 3.8) is 0 Å². The largest absolute Gasteiger partial charge is 0.448 e. The van der Waals surface area contributed by atoms with Gasteiger partial charge in [-0.1, -0.05) is 25.4 Å². The number of urea groups is 1. The molecule has 0 fully saturated rings. The summed E-state index contributed by atoms with van der Waals surface area (Å²) in [5, 5.41) is 12.8. The number of carbonyl (C=O) groups excluding carboxylic acids is 3. The minimum atomic E-state index is -1.34. The molecule has 1 unspecified atom stereocenters. The molecule has 0 heterocycles. The van der Waals surface area contributed by atoms with Crippen molar-refractivity contribution >= 4 is 35.2 Å². The molecule has 1 aromatic rings. The molecule has 124 valence electrons. The number of halogens is 1. The van der Waals surface area contributed by atoms with E-state index in [0.29, 0.717) is 0 Å². The molecule has 1 rings (SSSR count). The lowest BCUT2D eigenvalue weighted by atomic mass is 10.1. The van der Waals surface area contributed by atoms with Gasteiger partial charge in [0.05, 0.1) is 4.92 Å². The van der Waals surface area contributed by atoms with E-state index in [0.717, 1.165) is 12.1 Å². The standard InChI is InChI=1S/C13H14ClN3O6/c1-6(2)10(11(18)16-13(15)20)23-12(19)8-4-3-7(14)5-9(8)17(21)22/h3-6,10H,1-2H3,(H3,15,16,18,20). The monoisotopic (exact) mass is 343 g/mol. The first-order chi connectivity index (χ1) is 10.6. The highest BCUT2D eigenvalue weighted by molar-refractivity contribution is 6.31. The second kappa shape index (κ2) is 7.54. The zero-order chi connectivity index (χ0) is 17.7. The van der Waals surface area contributed by atoms with E-state index >= 15 is 0 Å². The molecule has 3 N–H and O–H groups in total. The van der Waals surface area contributed by atoms with E-state index in [4.69, 9.17) is 22.1 Å². The van der Waals surface area contributed by atoms with E-state index < -0.39 is 40.5 Å². The van der Waals surface area contributed by atoms with E-state index in [1.54, 1.807) is 19.2 Å². The van der Waals surface area contributed by atoms with Crippen molar-refractivity contribution in [3.8, 4) is 0 Å². The van der Waals surface area contributed by atoms with Gasteiger partial charge in [-0.15, -0.1) is 0 Å². The number of benzene rings is 1. The van der Waals surface area contributed by atoms with Gasteiger partial charge in [-0.3, -0.25) is 20.2 Å². The molecule has 1 atom stereocenters. The quantitative estimate of drug-likeness (QED) is 0.472. The predicted octanol–water partition coefficient (Wildman–Crippen LogP) is 1.62. The summed E-state index contributed by atoms with van der Waals surface area (Å²) in [6.45, 7) is 3.13. The molecule has 0 aliphatic rings. The number of primary amides is 1. The van der Waals surface area contributed by atoms with E-state index in [-0.39, 0.29) is 10.6 Å². The summed E-state index contributed by atoms with van der Waals surface area (Å²) in [7, 11) is 0. The molecule has 0 aromatic heterocycles. The summed E-state index contributed by atoms with van der Waals surface area (Å²) < 4.78 is 4.99. The van der Waals surface area contributed by atoms with E-state index in [1.165, 1.54) is 6.07 Å². The molecule has 9 nitrogen and oxygen atoms in total. The summed E-state index contributed by atoms with van der Waals surface area (Å²) in [4.78, 5) is 44.8. The summed E-state index contributed by atoms with van der Waals surface area (Å²) in [5.74, 6) is -2.51. The summed E-state index contributed by atoms with van der Waals surface area (Å²) >= 11 is 5.66. The van der Waals surface area contributed by atoms with Gasteiger partial charge >= 0.3 is 12.0 Å². The molecule has 0 aliphatic carbocycles. The number of imide groups is 1. The van der Waals surface area contributed by atoms with Crippen LogP contribution in [0.4, 0.5) is 10.5 Å². The molecule has 1 aromatic carbocycles. The van der Waals surface area contributed by atoms with Crippen LogP contribution in [-0.4, -0.2) is 28.9 Å². The number of hydrogen-bond donors (Lipinski definition) is 2. The number of nitrogens with zero attached hydrogens (tertiary/aromatic N) is 1. The van der Waals surface area contributed by atoms with Crippen LogP contribution < -0.4 is 11.1 Å². The molecule has 0 spiro atoms. The Morgan fingerprint density at radius 1 is 1.35 bits per heavy atom. The van der Waals surface area contributed by atoms with Crippen LogP contribution in [0.2, 0.25) is 5.02 Å². The Morgan fingerprint density at radius 2 is 1.96 bits per heavy atom. The fraction of sp³-hybridized carbons (Fsp3) is 0.308. The third-order valence-corrected chi connectivity index (χ3v) is 2.96. The van der Waals surface area contributed by atoms with E-state index in [2.05, 4.69) is 0 Å². The lowest BCUT2D eigenvalue weighted by Crippen LogP contribution is -2.45. The highest BCUT2D eigenvalue weighted by Crippen LogP contribution is 2.24. The number of nitrogens with two attached hydrogens (primary N) is 1. The Morgan fingerprint density at radius 3 is 2.43 bits per heavy atom. The van der Waals surface area contributed by atoms with Gasteiger partial charge in [0.25, 0.3) is 11.6 Å². The molecule has 0 saturated heterocycles. The molecule has 0 radical (unpaired) electrons. The number of amides is 3. The molecule has 3 amide bonds. The zero-order valence-electron chi connectivity index (χ0n) is 12.2. The number of carbonyl (C=O) groups is 3. The maximum Gasteiger partial charge on any atom is 0.345 e. The lowest BCUT2D eigenvalue weighted by Gasteiger charge is -2.19. The molecular weight excluding hydrogens is 330 g/mol. The number of hydrogen-bond acceptors (Lipinski definition) is 6. The number of nitrogens with one attached hydrogen (secondary N) is 1. The van der Waals surface area contributed by atoms with Crippen molar-refractivity contribution in [2.45, 2.75) is 20.0 Å². The van der Waals surface area contributed by atoms with Crippen LogP contribution >= 0.6 is 11.6 Å².